The van der Waals surface area contributed by atoms with E-state index in [2.05, 4.69) is 20.3 Å². The first kappa shape index (κ1) is 20.8. The highest BCUT2D eigenvalue weighted by Crippen LogP contribution is 2.35. The fourth-order valence-electron chi connectivity index (χ4n) is 2.63. The molecule has 2 aromatic rings. The van der Waals surface area contributed by atoms with Crippen molar-refractivity contribution >= 4 is 45.3 Å². The number of aromatic nitrogens is 2. The molecule has 2 aromatic heterocycles. The molecule has 0 spiro atoms. The Hall–Kier alpha value is -2.95. The largest absolute Gasteiger partial charge is 0.417 e. The van der Waals surface area contributed by atoms with Crippen LogP contribution in [0.25, 0.3) is 5.70 Å². The molecule has 11 heteroatoms. The van der Waals surface area contributed by atoms with Crippen LogP contribution in [0, 0.1) is 0 Å². The van der Waals surface area contributed by atoms with Gasteiger partial charge in [0, 0.05) is 37.8 Å². The number of alkyl halides is 3. The van der Waals surface area contributed by atoms with Crippen molar-refractivity contribution < 1.29 is 18.0 Å². The third-order valence-corrected chi connectivity index (χ3v) is 5.04. The number of carbonyl (C=O) groups is 1. The van der Waals surface area contributed by atoms with Crippen molar-refractivity contribution in [2.75, 3.05) is 23.8 Å². The number of amides is 1. The van der Waals surface area contributed by atoms with E-state index in [1.165, 1.54) is 25.3 Å². The number of nitrogens with one attached hydrogen (secondary N) is 1. The van der Waals surface area contributed by atoms with E-state index in [0.717, 1.165) is 36.1 Å². The predicted octanol–water partition coefficient (Wildman–Crippen LogP) is 3.82. The van der Waals surface area contributed by atoms with E-state index in [0.29, 0.717) is 22.7 Å². The van der Waals surface area contributed by atoms with Crippen molar-refractivity contribution in [2.24, 2.45) is 10.7 Å². The van der Waals surface area contributed by atoms with Crippen LogP contribution in [0.15, 0.2) is 28.7 Å². The zero-order valence-corrected chi connectivity index (χ0v) is 16.6. The van der Waals surface area contributed by atoms with E-state index in [1.807, 2.05) is 0 Å². The van der Waals surface area contributed by atoms with E-state index < -0.39 is 17.6 Å². The van der Waals surface area contributed by atoms with Gasteiger partial charge >= 0.3 is 6.18 Å². The van der Waals surface area contributed by atoms with Gasteiger partial charge in [0.25, 0.3) is 0 Å². The van der Waals surface area contributed by atoms with Crippen molar-refractivity contribution in [1.82, 2.24) is 9.97 Å². The lowest BCUT2D eigenvalue weighted by Gasteiger charge is -2.20. The maximum Gasteiger partial charge on any atom is 0.417 e. The topological polar surface area (TPSA) is 96.5 Å². The van der Waals surface area contributed by atoms with Gasteiger partial charge in [-0.25, -0.2) is 9.97 Å². The number of pyridine rings is 1. The van der Waals surface area contributed by atoms with Gasteiger partial charge in [-0.2, -0.15) is 13.2 Å². The van der Waals surface area contributed by atoms with Gasteiger partial charge in [0.15, 0.2) is 10.9 Å². The highest BCUT2D eigenvalue weighted by molar-refractivity contribution is 7.13. The van der Waals surface area contributed by atoms with Crippen molar-refractivity contribution in [3.05, 3.63) is 35.0 Å². The van der Waals surface area contributed by atoms with Gasteiger partial charge in [0.05, 0.1) is 22.6 Å². The van der Waals surface area contributed by atoms with Crippen LogP contribution in [-0.4, -0.2) is 35.2 Å². The van der Waals surface area contributed by atoms with Crippen molar-refractivity contribution in [1.29, 1.82) is 0 Å². The summed E-state index contributed by atoms with van der Waals surface area (Å²) >= 11 is 1.22. The number of thiazole rings is 1. The summed E-state index contributed by atoms with van der Waals surface area (Å²) in [4.78, 5) is 25.3. The molecule has 0 atom stereocenters. The summed E-state index contributed by atoms with van der Waals surface area (Å²) in [5, 5.41) is 4.99. The molecule has 29 heavy (non-hydrogen) atoms. The van der Waals surface area contributed by atoms with Crippen LogP contribution < -0.4 is 16.0 Å². The molecule has 0 unspecified atom stereocenters. The monoisotopic (exact) mass is 424 g/mol. The van der Waals surface area contributed by atoms with E-state index in [9.17, 15) is 18.0 Å². The maximum absolute atomic E-state index is 13.0. The highest BCUT2D eigenvalue weighted by atomic mass is 32.1. The summed E-state index contributed by atoms with van der Waals surface area (Å²) in [6.45, 7) is 2.04. The maximum atomic E-state index is 13.0. The number of rotatable bonds is 5. The van der Waals surface area contributed by atoms with E-state index in [-0.39, 0.29) is 11.5 Å². The molecule has 7 nitrogen and oxygen atoms in total. The number of aliphatic imine (C=N–C) groups is 1. The Bertz CT molecular complexity index is 982. The average molecular weight is 424 g/mol. The Labute approximate surface area is 169 Å². The molecule has 0 fully saturated rings. The Morgan fingerprint density at radius 1 is 1.41 bits per heavy atom. The molecule has 1 amide bonds. The molecular weight excluding hydrogens is 405 g/mol. The number of halogens is 3. The minimum absolute atomic E-state index is 0.00657. The van der Waals surface area contributed by atoms with Gasteiger partial charge in [-0.15, -0.1) is 11.3 Å². The summed E-state index contributed by atoms with van der Waals surface area (Å²) in [6.07, 6.45) is -0.229. The van der Waals surface area contributed by atoms with Crippen molar-refractivity contribution in [3.8, 4) is 0 Å². The van der Waals surface area contributed by atoms with Gasteiger partial charge in [0.2, 0.25) is 5.91 Å². The van der Waals surface area contributed by atoms with Crippen LogP contribution in [0.2, 0.25) is 0 Å². The number of carbonyl (C=O) groups excluding carboxylic acids is 1. The molecule has 0 aliphatic carbocycles. The van der Waals surface area contributed by atoms with Gasteiger partial charge in [-0.1, -0.05) is 0 Å². The minimum Gasteiger partial charge on any atom is -0.397 e. The molecule has 3 N–H and O–H groups in total. The van der Waals surface area contributed by atoms with E-state index >= 15 is 0 Å². The number of nitrogens with two attached hydrogens (primary N) is 1. The van der Waals surface area contributed by atoms with Crippen LogP contribution in [0.1, 0.15) is 31.0 Å². The molecule has 1 aliphatic heterocycles. The predicted molar refractivity (Wildman–Crippen MR) is 107 cm³/mol. The Morgan fingerprint density at radius 3 is 2.79 bits per heavy atom. The van der Waals surface area contributed by atoms with Gasteiger partial charge < -0.3 is 16.0 Å². The molecule has 154 valence electrons. The van der Waals surface area contributed by atoms with Crippen molar-refractivity contribution in [2.45, 2.75) is 25.9 Å². The number of nitrogens with zero attached hydrogens (tertiary/aromatic N) is 4. The quantitative estimate of drug-likeness (QED) is 0.761. The standard InChI is InChI=1S/C18H19F3N6OS/c1-10(28)27(2)15-6-11(18(19,20)21)8-24-16(15)26-17-25-14(9-29-17)13(22)7-12-4-3-5-23-12/h6-9H,3-5,22H2,1-2H3,(H,24,25,26). The second-order valence-electron chi connectivity index (χ2n) is 6.41. The Balaban J connectivity index is 1.88. The molecule has 0 saturated carbocycles. The number of hydrogen-bond acceptors (Lipinski definition) is 7. The van der Waals surface area contributed by atoms with Crippen molar-refractivity contribution in [3.63, 3.8) is 0 Å². The third-order valence-electron chi connectivity index (χ3n) is 4.28. The molecular formula is C18H19F3N6OS. The van der Waals surface area contributed by atoms with Gasteiger partial charge in [0.1, 0.15) is 0 Å². The molecule has 0 radical (unpaired) electrons. The highest BCUT2D eigenvalue weighted by Gasteiger charge is 2.32. The molecule has 1 aliphatic rings. The van der Waals surface area contributed by atoms with Gasteiger partial charge in [-0.05, 0) is 25.0 Å². The SMILES string of the molecule is CC(=O)N(C)c1cc(C(F)(F)F)cnc1Nc1nc(C(N)=CC2=NCCC2)cs1. The molecule has 3 rings (SSSR count). The van der Waals surface area contributed by atoms with E-state index in [1.54, 1.807) is 11.5 Å². The summed E-state index contributed by atoms with van der Waals surface area (Å²) in [7, 11) is 1.38. The zero-order valence-electron chi connectivity index (χ0n) is 15.7. The summed E-state index contributed by atoms with van der Waals surface area (Å²) in [5.41, 5.74) is 7.01. The Morgan fingerprint density at radius 2 is 2.17 bits per heavy atom. The zero-order chi connectivity index (χ0) is 21.2. The average Bonchev–Trinajstić information content (AvgIpc) is 3.32. The minimum atomic E-state index is -4.57. The first-order valence-corrected chi connectivity index (χ1v) is 9.58. The molecule has 0 aromatic carbocycles. The lowest BCUT2D eigenvalue weighted by Crippen LogP contribution is -2.24. The summed E-state index contributed by atoms with van der Waals surface area (Å²) in [5.74, 6) is -0.349. The van der Waals surface area contributed by atoms with Crippen LogP contribution in [0.5, 0.6) is 0 Å². The summed E-state index contributed by atoms with van der Waals surface area (Å²) in [6, 6.07) is 0.873. The van der Waals surface area contributed by atoms with Crippen LogP contribution in [0.3, 0.4) is 0 Å². The van der Waals surface area contributed by atoms with Crippen LogP contribution >= 0.6 is 11.3 Å². The molecule has 3 heterocycles. The second kappa shape index (κ2) is 8.19. The lowest BCUT2D eigenvalue weighted by molar-refractivity contribution is -0.137. The number of hydrogen-bond donors (Lipinski definition) is 2. The molecule has 0 saturated heterocycles. The van der Waals surface area contributed by atoms with Crippen LogP contribution in [0.4, 0.5) is 29.8 Å². The smallest absolute Gasteiger partial charge is 0.397 e. The summed E-state index contributed by atoms with van der Waals surface area (Å²) < 4.78 is 39.1. The second-order valence-corrected chi connectivity index (χ2v) is 7.26. The fourth-order valence-corrected chi connectivity index (χ4v) is 3.35. The van der Waals surface area contributed by atoms with Gasteiger partial charge in [-0.3, -0.25) is 9.79 Å². The van der Waals surface area contributed by atoms with E-state index in [4.69, 9.17) is 5.73 Å². The van der Waals surface area contributed by atoms with Crippen LogP contribution in [-0.2, 0) is 11.0 Å². The normalized spacial score (nSPS) is 14.7. The Kier molecular flexibility index (Phi) is 5.87. The number of allylic oxidation sites excluding steroid dienone is 1. The lowest BCUT2D eigenvalue weighted by atomic mass is 10.2. The molecule has 0 bridgehead atoms. The third kappa shape index (κ3) is 4.91. The first-order valence-electron chi connectivity index (χ1n) is 8.70. The number of anilines is 3. The fraction of sp³-hybridized carbons (Fsp3) is 0.333. The first-order chi connectivity index (χ1) is 13.6.